The number of halogens is 1. The average Bonchev–Trinajstić information content (AvgIpc) is 3.25. The lowest BCUT2D eigenvalue weighted by Gasteiger charge is -2.33. The number of benzene rings is 2. The van der Waals surface area contributed by atoms with Gasteiger partial charge < -0.3 is 4.98 Å². The van der Waals surface area contributed by atoms with Gasteiger partial charge in [-0.1, -0.05) is 36.4 Å². The quantitative estimate of drug-likeness (QED) is 0.470. The highest BCUT2D eigenvalue weighted by atomic mass is 32.2. The Morgan fingerprint density at radius 2 is 1.76 bits per heavy atom. The number of hydrogen-bond donors (Lipinski definition) is 1. The molecule has 1 N–H and O–H groups in total. The predicted molar refractivity (Wildman–Crippen MR) is 126 cm³/mol. The third kappa shape index (κ3) is 4.47. The highest BCUT2D eigenvalue weighted by Gasteiger charge is 2.29. The van der Waals surface area contributed by atoms with E-state index in [4.69, 9.17) is 0 Å². The molecule has 0 aliphatic carbocycles. The number of fused-ring (bicyclic) bond motifs is 1. The first-order chi connectivity index (χ1) is 15.9. The molecule has 10 heteroatoms. The molecule has 1 aliphatic heterocycles. The first kappa shape index (κ1) is 21.9. The standard InChI is InChI=1S/C23H21FN4O3S2/c24-17-7-4-8-18(13-17)33(30,31)28-11-9-27(10-12-28)15-21-25-22(29)19-14-20(32-23(19)26-21)16-5-2-1-3-6-16/h1-8,13-14H,9-12,15H2,(H,25,26,29). The summed E-state index contributed by atoms with van der Waals surface area (Å²) in [7, 11) is -3.75. The van der Waals surface area contributed by atoms with E-state index >= 15 is 0 Å². The number of hydrogen-bond acceptors (Lipinski definition) is 6. The van der Waals surface area contributed by atoms with E-state index in [9.17, 15) is 17.6 Å². The molecule has 2 aromatic carbocycles. The zero-order valence-corrected chi connectivity index (χ0v) is 19.2. The van der Waals surface area contributed by atoms with E-state index in [-0.39, 0.29) is 23.5 Å². The Bertz CT molecular complexity index is 1460. The molecule has 33 heavy (non-hydrogen) atoms. The van der Waals surface area contributed by atoms with Crippen LogP contribution < -0.4 is 5.56 Å². The lowest BCUT2D eigenvalue weighted by atomic mass is 10.2. The largest absolute Gasteiger partial charge is 0.309 e. The molecular weight excluding hydrogens is 463 g/mol. The summed E-state index contributed by atoms with van der Waals surface area (Å²) < 4.78 is 40.4. The fourth-order valence-electron chi connectivity index (χ4n) is 3.91. The van der Waals surface area contributed by atoms with Gasteiger partial charge in [0.2, 0.25) is 10.0 Å². The van der Waals surface area contributed by atoms with Crippen LogP contribution in [-0.4, -0.2) is 53.8 Å². The fraction of sp³-hybridized carbons (Fsp3) is 0.217. The van der Waals surface area contributed by atoms with Crippen molar-refractivity contribution in [3.8, 4) is 10.4 Å². The second kappa shape index (κ2) is 8.79. The number of aromatic nitrogens is 2. The summed E-state index contributed by atoms with van der Waals surface area (Å²) in [5.41, 5.74) is 0.859. The number of nitrogens with one attached hydrogen (secondary N) is 1. The number of thiophene rings is 1. The molecule has 4 aromatic rings. The smallest absolute Gasteiger partial charge is 0.259 e. The third-order valence-electron chi connectivity index (χ3n) is 5.65. The van der Waals surface area contributed by atoms with Crippen molar-refractivity contribution < 1.29 is 12.8 Å². The van der Waals surface area contributed by atoms with Gasteiger partial charge in [0, 0.05) is 31.1 Å². The summed E-state index contributed by atoms with van der Waals surface area (Å²) in [6.07, 6.45) is 0. The lowest BCUT2D eigenvalue weighted by Crippen LogP contribution is -2.48. The number of piperazine rings is 1. The highest BCUT2D eigenvalue weighted by Crippen LogP contribution is 2.30. The van der Waals surface area contributed by atoms with Gasteiger partial charge in [-0.2, -0.15) is 4.31 Å². The Morgan fingerprint density at radius 3 is 2.48 bits per heavy atom. The minimum atomic E-state index is -3.75. The normalized spacial score (nSPS) is 15.8. The average molecular weight is 485 g/mol. The van der Waals surface area contributed by atoms with E-state index in [2.05, 4.69) is 9.97 Å². The first-order valence-corrected chi connectivity index (χ1v) is 12.7. The lowest BCUT2D eigenvalue weighted by molar-refractivity contribution is 0.178. The third-order valence-corrected chi connectivity index (χ3v) is 8.62. The van der Waals surface area contributed by atoms with Gasteiger partial charge >= 0.3 is 0 Å². The van der Waals surface area contributed by atoms with Crippen LogP contribution in [0.15, 0.2) is 70.4 Å². The molecule has 0 bridgehead atoms. The summed E-state index contributed by atoms with van der Waals surface area (Å²) in [6, 6.07) is 16.8. The number of H-pyrrole nitrogens is 1. The maximum atomic E-state index is 13.5. The van der Waals surface area contributed by atoms with Crippen LogP contribution in [0.5, 0.6) is 0 Å². The molecule has 0 spiro atoms. The second-order valence-corrected chi connectivity index (χ2v) is 10.8. The first-order valence-electron chi connectivity index (χ1n) is 10.5. The maximum Gasteiger partial charge on any atom is 0.259 e. The molecule has 7 nitrogen and oxygen atoms in total. The topological polar surface area (TPSA) is 86.4 Å². The molecule has 0 radical (unpaired) electrons. The van der Waals surface area contributed by atoms with Gasteiger partial charge in [0.15, 0.2) is 0 Å². The summed E-state index contributed by atoms with van der Waals surface area (Å²) in [6.45, 7) is 1.94. The van der Waals surface area contributed by atoms with Crippen LogP contribution in [0.4, 0.5) is 4.39 Å². The molecule has 0 atom stereocenters. The maximum absolute atomic E-state index is 13.5. The molecule has 0 amide bonds. The molecule has 1 aliphatic rings. The van der Waals surface area contributed by atoms with Crippen molar-refractivity contribution >= 4 is 31.6 Å². The number of rotatable bonds is 5. The van der Waals surface area contributed by atoms with Crippen LogP contribution in [0.2, 0.25) is 0 Å². The van der Waals surface area contributed by atoms with Crippen LogP contribution in [0.25, 0.3) is 20.7 Å². The van der Waals surface area contributed by atoms with Crippen LogP contribution in [0, 0.1) is 5.82 Å². The SMILES string of the molecule is O=c1[nH]c(CN2CCN(S(=O)(=O)c3cccc(F)c3)CC2)nc2sc(-c3ccccc3)cc12. The summed E-state index contributed by atoms with van der Waals surface area (Å²) in [4.78, 5) is 23.8. The molecule has 0 unspecified atom stereocenters. The zero-order chi connectivity index (χ0) is 23.0. The highest BCUT2D eigenvalue weighted by molar-refractivity contribution is 7.89. The van der Waals surface area contributed by atoms with Crippen LogP contribution in [0.3, 0.4) is 0 Å². The van der Waals surface area contributed by atoms with Gasteiger partial charge in [-0.3, -0.25) is 9.69 Å². The van der Waals surface area contributed by atoms with Crippen molar-refractivity contribution in [2.24, 2.45) is 0 Å². The van der Waals surface area contributed by atoms with Crippen molar-refractivity contribution in [1.82, 2.24) is 19.2 Å². The van der Waals surface area contributed by atoms with Crippen molar-refractivity contribution in [2.75, 3.05) is 26.2 Å². The Balaban J connectivity index is 1.30. The second-order valence-electron chi connectivity index (χ2n) is 7.85. The van der Waals surface area contributed by atoms with Gasteiger partial charge in [-0.15, -0.1) is 11.3 Å². The van der Waals surface area contributed by atoms with E-state index in [1.807, 2.05) is 41.3 Å². The van der Waals surface area contributed by atoms with Crippen molar-refractivity contribution in [2.45, 2.75) is 11.4 Å². The van der Waals surface area contributed by atoms with Crippen LogP contribution in [0.1, 0.15) is 5.82 Å². The van der Waals surface area contributed by atoms with E-state index < -0.39 is 15.8 Å². The van der Waals surface area contributed by atoms with Crippen molar-refractivity contribution in [1.29, 1.82) is 0 Å². The Kier molecular flexibility index (Phi) is 5.83. The summed E-state index contributed by atoms with van der Waals surface area (Å²) in [5, 5.41) is 0.564. The molecule has 5 rings (SSSR count). The van der Waals surface area contributed by atoms with Gasteiger partial charge in [-0.25, -0.2) is 17.8 Å². The fourth-order valence-corrected chi connectivity index (χ4v) is 6.42. The van der Waals surface area contributed by atoms with Gasteiger partial charge in [-0.05, 0) is 29.8 Å². The van der Waals surface area contributed by atoms with Gasteiger partial charge in [0.1, 0.15) is 16.5 Å². The molecule has 0 saturated carbocycles. The Morgan fingerprint density at radius 1 is 1.00 bits per heavy atom. The van der Waals surface area contributed by atoms with Gasteiger partial charge in [0.05, 0.1) is 16.8 Å². The molecule has 3 heterocycles. The number of aromatic amines is 1. The van der Waals surface area contributed by atoms with E-state index in [0.717, 1.165) is 16.5 Å². The summed E-state index contributed by atoms with van der Waals surface area (Å²) >= 11 is 1.48. The minimum absolute atomic E-state index is 0.0423. The zero-order valence-electron chi connectivity index (χ0n) is 17.6. The molecule has 1 saturated heterocycles. The van der Waals surface area contributed by atoms with Crippen LogP contribution in [-0.2, 0) is 16.6 Å². The van der Waals surface area contributed by atoms with E-state index in [1.165, 1.54) is 33.8 Å². The predicted octanol–water partition coefficient (Wildman–Crippen LogP) is 3.30. The molecule has 170 valence electrons. The van der Waals surface area contributed by atoms with E-state index in [0.29, 0.717) is 35.7 Å². The van der Waals surface area contributed by atoms with Crippen LogP contribution >= 0.6 is 11.3 Å². The van der Waals surface area contributed by atoms with Crippen molar-refractivity contribution in [3.05, 3.63) is 82.7 Å². The Labute approximate surface area is 194 Å². The van der Waals surface area contributed by atoms with E-state index in [1.54, 1.807) is 0 Å². The molecular formula is C23H21FN4O3S2. The molecule has 1 fully saturated rings. The van der Waals surface area contributed by atoms with Crippen molar-refractivity contribution in [3.63, 3.8) is 0 Å². The monoisotopic (exact) mass is 484 g/mol. The number of nitrogens with zero attached hydrogens (tertiary/aromatic N) is 3. The number of sulfonamides is 1. The van der Waals surface area contributed by atoms with Gasteiger partial charge in [0.25, 0.3) is 5.56 Å². The Hall–Kier alpha value is -2.92. The summed E-state index contributed by atoms with van der Waals surface area (Å²) in [5.74, 6) is -0.0282. The minimum Gasteiger partial charge on any atom is -0.309 e. The molecule has 2 aromatic heterocycles.